The van der Waals surface area contributed by atoms with Crippen molar-refractivity contribution in [1.82, 2.24) is 5.32 Å². The molecule has 0 radical (unpaired) electrons. The van der Waals surface area contributed by atoms with Gasteiger partial charge < -0.3 is 28.5 Å². The van der Waals surface area contributed by atoms with Gasteiger partial charge in [-0.15, -0.1) is 0 Å². The molecule has 1 N–H and O–H groups in total. The van der Waals surface area contributed by atoms with E-state index in [2.05, 4.69) is 99.0 Å². The summed E-state index contributed by atoms with van der Waals surface area (Å²) in [6.45, 7) is 6.66. The molecule has 0 aliphatic carbocycles. The Morgan fingerprint density at radius 2 is 0.907 bits per heavy atom. The number of carbonyl (C=O) groups is 2. The summed E-state index contributed by atoms with van der Waals surface area (Å²) in [4.78, 5) is 39.9. The van der Waals surface area contributed by atoms with Gasteiger partial charge in [0.05, 0.1) is 33.8 Å². The SMILES string of the molecule is CC/C=C/C=C/C=C\CCCCCCCC(=O)OC(/C=C\CCCCCCCCCCC)C(COP(=O)([O-])OCC[N+](C)(C)C)NC(=O)CCCCCCCCCCCCCC/C=C\C/C=C\C/C=C\CCCCC. The minimum atomic E-state index is -4.70. The number of rotatable bonds is 55. The zero-order valence-corrected chi connectivity index (χ0v) is 50.4. The van der Waals surface area contributed by atoms with Gasteiger partial charge in [-0.1, -0.05) is 247 Å². The van der Waals surface area contributed by atoms with E-state index in [1.807, 2.05) is 33.3 Å². The molecule has 3 atom stereocenters. The predicted molar refractivity (Wildman–Crippen MR) is 321 cm³/mol. The van der Waals surface area contributed by atoms with E-state index < -0.39 is 26.6 Å². The van der Waals surface area contributed by atoms with Crippen LogP contribution in [0.4, 0.5) is 0 Å². The average molecular weight is 1070 g/mol. The number of nitrogens with zero attached hydrogens (tertiary/aromatic N) is 1. The molecule has 0 bridgehead atoms. The van der Waals surface area contributed by atoms with Crippen LogP contribution in [-0.2, 0) is 27.9 Å². The minimum Gasteiger partial charge on any atom is -0.756 e. The van der Waals surface area contributed by atoms with Crippen molar-refractivity contribution in [2.24, 2.45) is 0 Å². The number of phosphoric acid groups is 1. The summed E-state index contributed by atoms with van der Waals surface area (Å²) in [5.41, 5.74) is 0. The zero-order chi connectivity index (χ0) is 55.0. The van der Waals surface area contributed by atoms with Crippen molar-refractivity contribution in [3.63, 3.8) is 0 Å². The summed E-state index contributed by atoms with van der Waals surface area (Å²) in [6.07, 6.45) is 71.3. The Morgan fingerprint density at radius 1 is 0.493 bits per heavy atom. The molecular formula is C65H117N2O7P. The molecule has 10 heteroatoms. The first-order valence-corrected chi connectivity index (χ1v) is 32.4. The molecule has 9 nitrogen and oxygen atoms in total. The number of likely N-dealkylation sites (N-methyl/N-ethyl adjacent to an activating group) is 1. The third-order valence-electron chi connectivity index (χ3n) is 13.4. The molecule has 0 aromatic carbocycles. The van der Waals surface area contributed by atoms with Gasteiger partial charge in [-0.3, -0.25) is 14.2 Å². The first-order valence-electron chi connectivity index (χ1n) is 30.9. The number of amides is 1. The van der Waals surface area contributed by atoms with E-state index >= 15 is 0 Å². The molecule has 75 heavy (non-hydrogen) atoms. The van der Waals surface area contributed by atoms with E-state index in [1.54, 1.807) is 0 Å². The van der Waals surface area contributed by atoms with Crippen LogP contribution in [0.5, 0.6) is 0 Å². The van der Waals surface area contributed by atoms with Gasteiger partial charge in [-0.25, -0.2) is 0 Å². The highest BCUT2D eigenvalue weighted by Crippen LogP contribution is 2.38. The molecular weight excluding hydrogens is 952 g/mol. The molecule has 0 aliphatic heterocycles. The fraction of sp³-hybridized carbons (Fsp3) is 0.754. The number of ether oxygens (including phenoxy) is 1. The van der Waals surface area contributed by atoms with E-state index in [0.717, 1.165) is 96.3 Å². The number of hydrogen-bond acceptors (Lipinski definition) is 7. The summed E-state index contributed by atoms with van der Waals surface area (Å²) < 4.78 is 30.2. The number of esters is 1. The summed E-state index contributed by atoms with van der Waals surface area (Å²) in [5, 5.41) is 3.02. The van der Waals surface area contributed by atoms with Crippen LogP contribution in [0.3, 0.4) is 0 Å². The van der Waals surface area contributed by atoms with Gasteiger partial charge in [-0.05, 0) is 89.5 Å². The normalized spacial score (nSPS) is 14.3. The molecule has 0 aromatic heterocycles. The van der Waals surface area contributed by atoms with Crippen LogP contribution in [-0.4, -0.2) is 69.4 Å². The Morgan fingerprint density at radius 3 is 1.41 bits per heavy atom. The number of allylic oxidation sites excluding steroid dienone is 13. The molecule has 0 heterocycles. The summed E-state index contributed by atoms with van der Waals surface area (Å²) in [5.74, 6) is -0.569. The lowest BCUT2D eigenvalue weighted by atomic mass is 10.0. The third-order valence-corrected chi connectivity index (χ3v) is 14.3. The van der Waals surface area contributed by atoms with Crippen molar-refractivity contribution >= 4 is 19.7 Å². The van der Waals surface area contributed by atoms with Crippen LogP contribution in [0.2, 0.25) is 0 Å². The van der Waals surface area contributed by atoms with Gasteiger partial charge in [0, 0.05) is 12.8 Å². The van der Waals surface area contributed by atoms with Crippen LogP contribution in [0.25, 0.3) is 0 Å². The average Bonchev–Trinajstić information content (AvgIpc) is 3.37. The van der Waals surface area contributed by atoms with Gasteiger partial charge in [0.15, 0.2) is 0 Å². The van der Waals surface area contributed by atoms with Gasteiger partial charge in [-0.2, -0.15) is 0 Å². The first kappa shape index (κ1) is 72.2. The third kappa shape index (κ3) is 55.7. The van der Waals surface area contributed by atoms with Crippen LogP contribution < -0.4 is 10.2 Å². The second-order valence-electron chi connectivity index (χ2n) is 21.9. The van der Waals surface area contributed by atoms with Crippen LogP contribution >= 0.6 is 7.82 Å². The highest BCUT2D eigenvalue weighted by atomic mass is 31.2. The highest BCUT2D eigenvalue weighted by Gasteiger charge is 2.27. The maximum absolute atomic E-state index is 13.5. The van der Waals surface area contributed by atoms with Crippen LogP contribution in [0.15, 0.2) is 85.1 Å². The number of quaternary nitrogens is 1. The Bertz CT molecular complexity index is 1560. The topological polar surface area (TPSA) is 114 Å². The molecule has 0 saturated carbocycles. The molecule has 434 valence electrons. The van der Waals surface area contributed by atoms with E-state index in [-0.39, 0.29) is 24.9 Å². The lowest BCUT2D eigenvalue weighted by Gasteiger charge is -2.30. The molecule has 0 saturated heterocycles. The van der Waals surface area contributed by atoms with E-state index in [1.165, 1.54) is 128 Å². The number of carbonyl (C=O) groups excluding carboxylic acids is 2. The van der Waals surface area contributed by atoms with Gasteiger partial charge in [0.2, 0.25) is 5.91 Å². The highest BCUT2D eigenvalue weighted by molar-refractivity contribution is 7.45. The van der Waals surface area contributed by atoms with Crippen molar-refractivity contribution in [1.29, 1.82) is 0 Å². The zero-order valence-electron chi connectivity index (χ0n) is 49.5. The Labute approximate surface area is 463 Å². The van der Waals surface area contributed by atoms with Crippen molar-refractivity contribution in [2.45, 2.75) is 277 Å². The van der Waals surface area contributed by atoms with E-state index in [9.17, 15) is 19.0 Å². The number of phosphoric ester groups is 1. The molecule has 3 unspecified atom stereocenters. The molecule has 0 aliphatic rings. The largest absolute Gasteiger partial charge is 0.756 e. The van der Waals surface area contributed by atoms with Crippen molar-refractivity contribution < 1.29 is 37.3 Å². The van der Waals surface area contributed by atoms with Gasteiger partial charge in [0.1, 0.15) is 19.3 Å². The molecule has 0 rings (SSSR count). The van der Waals surface area contributed by atoms with Crippen LogP contribution in [0.1, 0.15) is 265 Å². The number of nitrogens with one attached hydrogen (secondary N) is 1. The van der Waals surface area contributed by atoms with Crippen molar-refractivity contribution in [3.8, 4) is 0 Å². The minimum absolute atomic E-state index is 0.0293. The maximum Gasteiger partial charge on any atom is 0.306 e. The fourth-order valence-corrected chi connectivity index (χ4v) is 9.31. The Balaban J connectivity index is 5.10. The molecule has 0 fully saturated rings. The van der Waals surface area contributed by atoms with Gasteiger partial charge >= 0.3 is 5.97 Å². The second-order valence-corrected chi connectivity index (χ2v) is 23.3. The maximum atomic E-state index is 13.5. The lowest BCUT2D eigenvalue weighted by molar-refractivity contribution is -0.870. The standard InChI is InChI=1S/C65H117N2O7P/c1-7-10-13-16-19-22-25-27-28-29-30-31-32-33-34-35-36-37-38-40-42-45-48-51-54-57-64(68)66-62(61-73-75(70,71)72-60-59-67(4,5)6)63(56-53-50-47-44-41-24-21-18-15-12-9-3)74-65(69)58-55-52-49-46-43-39-26-23-20-17-14-11-8-2/h11,14,17,19-20,22-23,26-28,30-31,53,56,62-63H,7-10,12-13,15-16,18,21,24-25,29,32-52,54-55,57-61H2,1-6H3,(H-,66,68,70,71)/b14-11+,20-17+,22-19-,26-23-,28-27-,31-30-,56-53-. The summed E-state index contributed by atoms with van der Waals surface area (Å²) >= 11 is 0. The van der Waals surface area contributed by atoms with Crippen molar-refractivity contribution in [2.75, 3.05) is 40.9 Å². The van der Waals surface area contributed by atoms with Crippen molar-refractivity contribution in [3.05, 3.63) is 85.1 Å². The molecule has 0 spiro atoms. The molecule has 1 amide bonds. The summed E-state index contributed by atoms with van der Waals surface area (Å²) in [6, 6.07) is -0.900. The van der Waals surface area contributed by atoms with E-state index in [4.69, 9.17) is 13.8 Å². The van der Waals surface area contributed by atoms with E-state index in [0.29, 0.717) is 23.9 Å². The number of hydrogen-bond donors (Lipinski definition) is 1. The Kier molecular flexibility index (Phi) is 52.5. The first-order chi connectivity index (χ1) is 36.4. The summed E-state index contributed by atoms with van der Waals surface area (Å²) in [7, 11) is 1.16. The lowest BCUT2D eigenvalue weighted by Crippen LogP contribution is -2.47. The van der Waals surface area contributed by atoms with Gasteiger partial charge in [0.25, 0.3) is 7.82 Å². The quantitative estimate of drug-likeness (QED) is 0.0161. The second kappa shape index (κ2) is 54.5. The molecule has 0 aromatic rings. The predicted octanol–water partition coefficient (Wildman–Crippen LogP) is 18.4. The van der Waals surface area contributed by atoms with Crippen LogP contribution in [0, 0.1) is 0 Å². The monoisotopic (exact) mass is 1070 g/mol. The Hall–Kier alpha value is -2.81. The smallest absolute Gasteiger partial charge is 0.306 e. The fourth-order valence-electron chi connectivity index (χ4n) is 8.59. The number of unbranched alkanes of at least 4 members (excludes halogenated alkanes) is 29.